The molecule has 1 aromatic carbocycles. The molecule has 24 heavy (non-hydrogen) atoms. The molecule has 2 amide bonds. The number of likely N-dealkylation sites (tertiary alicyclic amines) is 1. The molecule has 0 aromatic heterocycles. The van der Waals surface area contributed by atoms with E-state index in [4.69, 9.17) is 4.74 Å². The zero-order valence-electron chi connectivity index (χ0n) is 14.5. The van der Waals surface area contributed by atoms with E-state index >= 15 is 0 Å². The molecule has 1 heterocycles. The summed E-state index contributed by atoms with van der Waals surface area (Å²) in [5.41, 5.74) is 0.579. The lowest BCUT2D eigenvalue weighted by atomic mass is 10.2. The third-order valence-electron chi connectivity index (χ3n) is 4.19. The summed E-state index contributed by atoms with van der Waals surface area (Å²) in [5.74, 6) is -0.484. The monoisotopic (exact) mass is 333 g/mol. The third-order valence-corrected chi connectivity index (χ3v) is 4.19. The number of rotatable bonds is 7. The van der Waals surface area contributed by atoms with Gasteiger partial charge in [-0.3, -0.25) is 14.5 Å². The van der Waals surface area contributed by atoms with Crippen molar-refractivity contribution in [3.63, 3.8) is 0 Å². The highest BCUT2D eigenvalue weighted by Gasteiger charge is 2.24. The van der Waals surface area contributed by atoms with E-state index in [-0.39, 0.29) is 0 Å². The number of hydrogen-bond acceptors (Lipinski definition) is 4. The van der Waals surface area contributed by atoms with Gasteiger partial charge in [0.2, 0.25) is 0 Å². The fraction of sp³-hybridized carbons (Fsp3) is 0.556. The second-order valence-electron chi connectivity index (χ2n) is 5.96. The summed E-state index contributed by atoms with van der Waals surface area (Å²) >= 11 is 0. The summed E-state index contributed by atoms with van der Waals surface area (Å²) < 4.78 is 5.48. The predicted octanol–water partition coefficient (Wildman–Crippen LogP) is 2.01. The SMILES string of the molecule is CCCOc1ccc(NC(=O)C(=O)NC[C@H]2CCCN2CC)cc1. The van der Waals surface area contributed by atoms with Gasteiger partial charge in [0.15, 0.2) is 0 Å². The molecule has 2 N–H and O–H groups in total. The molecular formula is C18H27N3O3. The van der Waals surface area contributed by atoms with Gasteiger partial charge in [-0.25, -0.2) is 0 Å². The first-order valence-electron chi connectivity index (χ1n) is 8.70. The Labute approximate surface area is 143 Å². The molecule has 1 atom stereocenters. The summed E-state index contributed by atoms with van der Waals surface area (Å²) in [6.07, 6.45) is 3.15. The van der Waals surface area contributed by atoms with Crippen LogP contribution < -0.4 is 15.4 Å². The van der Waals surface area contributed by atoms with Gasteiger partial charge in [-0.15, -0.1) is 0 Å². The standard InChI is InChI=1S/C18H27N3O3/c1-3-12-24-16-9-7-14(8-10-16)20-18(23)17(22)19-13-15-6-5-11-21(15)4-2/h7-10,15H,3-6,11-13H2,1-2H3,(H,19,22)(H,20,23)/t15-/m1/s1. The highest BCUT2D eigenvalue weighted by molar-refractivity contribution is 6.39. The lowest BCUT2D eigenvalue weighted by Gasteiger charge is -2.22. The van der Waals surface area contributed by atoms with E-state index in [1.807, 2.05) is 6.92 Å². The molecule has 0 radical (unpaired) electrons. The molecule has 0 saturated carbocycles. The van der Waals surface area contributed by atoms with Crippen molar-refractivity contribution in [1.29, 1.82) is 0 Å². The number of likely N-dealkylation sites (N-methyl/N-ethyl adjacent to an activating group) is 1. The molecule has 1 aliphatic rings. The van der Waals surface area contributed by atoms with Crippen LogP contribution in [0.2, 0.25) is 0 Å². The van der Waals surface area contributed by atoms with Crippen LogP contribution in [0, 0.1) is 0 Å². The van der Waals surface area contributed by atoms with Crippen LogP contribution in [-0.4, -0.2) is 49.0 Å². The Balaban J connectivity index is 1.77. The van der Waals surface area contributed by atoms with E-state index in [1.54, 1.807) is 24.3 Å². The Morgan fingerprint density at radius 3 is 2.62 bits per heavy atom. The second-order valence-corrected chi connectivity index (χ2v) is 5.96. The number of nitrogens with one attached hydrogen (secondary N) is 2. The molecule has 0 aliphatic carbocycles. The first-order valence-corrected chi connectivity index (χ1v) is 8.70. The summed E-state index contributed by atoms with van der Waals surface area (Å²) in [6, 6.07) is 7.35. The number of carbonyl (C=O) groups is 2. The Kier molecular flexibility index (Phi) is 7.06. The van der Waals surface area contributed by atoms with Crippen molar-refractivity contribution in [1.82, 2.24) is 10.2 Å². The van der Waals surface area contributed by atoms with Crippen LogP contribution in [-0.2, 0) is 9.59 Å². The average molecular weight is 333 g/mol. The van der Waals surface area contributed by atoms with Gasteiger partial charge in [0, 0.05) is 18.3 Å². The van der Waals surface area contributed by atoms with E-state index < -0.39 is 11.8 Å². The topological polar surface area (TPSA) is 70.7 Å². The fourth-order valence-electron chi connectivity index (χ4n) is 2.88. The van der Waals surface area contributed by atoms with Crippen molar-refractivity contribution < 1.29 is 14.3 Å². The molecule has 1 aromatic rings. The van der Waals surface area contributed by atoms with Crippen LogP contribution in [0.3, 0.4) is 0 Å². The van der Waals surface area contributed by atoms with E-state index in [9.17, 15) is 9.59 Å². The van der Waals surface area contributed by atoms with Gasteiger partial charge in [0.05, 0.1) is 6.61 Å². The highest BCUT2D eigenvalue weighted by Crippen LogP contribution is 2.16. The summed E-state index contributed by atoms with van der Waals surface area (Å²) in [5, 5.41) is 5.34. The van der Waals surface area contributed by atoms with Crippen LogP contribution in [0.25, 0.3) is 0 Å². The van der Waals surface area contributed by atoms with Gasteiger partial charge in [-0.05, 0) is 56.6 Å². The first kappa shape index (κ1) is 18.3. The summed E-state index contributed by atoms with van der Waals surface area (Å²) in [6.45, 7) is 7.36. The maximum atomic E-state index is 12.0. The molecule has 1 fully saturated rings. The van der Waals surface area contributed by atoms with Crippen molar-refractivity contribution >= 4 is 17.5 Å². The van der Waals surface area contributed by atoms with Crippen LogP contribution in [0.5, 0.6) is 5.75 Å². The summed E-state index contributed by atoms with van der Waals surface area (Å²) in [4.78, 5) is 26.2. The van der Waals surface area contributed by atoms with Crippen LogP contribution in [0.15, 0.2) is 24.3 Å². The molecule has 1 saturated heterocycles. The van der Waals surface area contributed by atoms with E-state index in [1.165, 1.54) is 0 Å². The molecule has 6 nitrogen and oxygen atoms in total. The Bertz CT molecular complexity index is 545. The number of ether oxygens (including phenoxy) is 1. The number of carbonyl (C=O) groups excluding carboxylic acids is 2. The number of nitrogens with zero attached hydrogens (tertiary/aromatic N) is 1. The maximum absolute atomic E-state index is 12.0. The predicted molar refractivity (Wildman–Crippen MR) is 94.1 cm³/mol. The molecule has 0 unspecified atom stereocenters. The van der Waals surface area contributed by atoms with E-state index in [0.717, 1.165) is 38.1 Å². The zero-order valence-corrected chi connectivity index (χ0v) is 14.5. The molecular weight excluding hydrogens is 306 g/mol. The molecule has 0 bridgehead atoms. The lowest BCUT2D eigenvalue weighted by Crippen LogP contribution is -2.43. The number of amides is 2. The van der Waals surface area contributed by atoms with Gasteiger partial charge in [-0.1, -0.05) is 13.8 Å². The van der Waals surface area contributed by atoms with Gasteiger partial charge in [0.1, 0.15) is 5.75 Å². The smallest absolute Gasteiger partial charge is 0.313 e. The van der Waals surface area contributed by atoms with Gasteiger partial charge in [-0.2, -0.15) is 0 Å². The minimum atomic E-state index is -0.640. The van der Waals surface area contributed by atoms with Crippen molar-refractivity contribution in [2.75, 3.05) is 31.6 Å². The van der Waals surface area contributed by atoms with Crippen LogP contribution in [0.1, 0.15) is 33.1 Å². The molecule has 6 heteroatoms. The maximum Gasteiger partial charge on any atom is 0.313 e. The number of hydrogen-bond donors (Lipinski definition) is 2. The normalized spacial score (nSPS) is 17.5. The largest absolute Gasteiger partial charge is 0.494 e. The molecule has 132 valence electrons. The summed E-state index contributed by atoms with van der Waals surface area (Å²) in [7, 11) is 0. The van der Waals surface area contributed by atoms with Gasteiger partial charge < -0.3 is 15.4 Å². The minimum absolute atomic E-state index is 0.335. The minimum Gasteiger partial charge on any atom is -0.494 e. The van der Waals surface area contributed by atoms with Crippen molar-refractivity contribution in [3.05, 3.63) is 24.3 Å². The average Bonchev–Trinajstić information content (AvgIpc) is 3.06. The van der Waals surface area contributed by atoms with Crippen molar-refractivity contribution in [3.8, 4) is 5.75 Å². The fourth-order valence-corrected chi connectivity index (χ4v) is 2.88. The zero-order chi connectivity index (χ0) is 17.4. The molecule has 1 aliphatic heterocycles. The highest BCUT2D eigenvalue weighted by atomic mass is 16.5. The van der Waals surface area contributed by atoms with Gasteiger partial charge in [0.25, 0.3) is 0 Å². The van der Waals surface area contributed by atoms with Crippen LogP contribution >= 0.6 is 0 Å². The molecule has 2 rings (SSSR count). The number of benzene rings is 1. The third kappa shape index (κ3) is 5.23. The van der Waals surface area contributed by atoms with Crippen molar-refractivity contribution in [2.24, 2.45) is 0 Å². The Morgan fingerprint density at radius 1 is 1.21 bits per heavy atom. The van der Waals surface area contributed by atoms with Crippen molar-refractivity contribution in [2.45, 2.75) is 39.2 Å². The Morgan fingerprint density at radius 2 is 1.96 bits per heavy atom. The number of anilines is 1. The quantitative estimate of drug-likeness (QED) is 0.749. The lowest BCUT2D eigenvalue weighted by molar-refractivity contribution is -0.136. The van der Waals surface area contributed by atoms with E-state index in [0.29, 0.717) is 24.9 Å². The van der Waals surface area contributed by atoms with Crippen LogP contribution in [0.4, 0.5) is 5.69 Å². The molecule has 0 spiro atoms. The van der Waals surface area contributed by atoms with E-state index in [2.05, 4.69) is 22.5 Å². The second kappa shape index (κ2) is 9.27. The Hall–Kier alpha value is -2.08. The first-order chi connectivity index (χ1) is 11.6. The van der Waals surface area contributed by atoms with Gasteiger partial charge >= 0.3 is 11.8 Å².